The van der Waals surface area contributed by atoms with Crippen LogP contribution < -0.4 is 5.32 Å². The second-order valence-electron chi connectivity index (χ2n) is 4.44. The molecule has 0 aliphatic carbocycles. The van der Waals surface area contributed by atoms with Gasteiger partial charge in [-0.15, -0.1) is 0 Å². The SMILES string of the molecule is CC(C(=N)OC1CNC1)N1CCCOCC1. The molecule has 0 bridgehead atoms. The molecule has 0 radical (unpaired) electrons. The Balaban J connectivity index is 1.79. The van der Waals surface area contributed by atoms with Gasteiger partial charge in [0.25, 0.3) is 0 Å². The van der Waals surface area contributed by atoms with Crippen molar-refractivity contribution in [3.05, 3.63) is 0 Å². The molecule has 2 fully saturated rings. The van der Waals surface area contributed by atoms with Crippen molar-refractivity contribution in [3.63, 3.8) is 0 Å². The number of hydrogen-bond acceptors (Lipinski definition) is 5. The number of nitrogens with zero attached hydrogens (tertiary/aromatic N) is 1. The van der Waals surface area contributed by atoms with Gasteiger partial charge in [0.15, 0.2) is 5.90 Å². The average molecular weight is 227 g/mol. The molecule has 92 valence electrons. The van der Waals surface area contributed by atoms with Gasteiger partial charge in [0.1, 0.15) is 6.10 Å². The Labute approximate surface area is 96.6 Å². The summed E-state index contributed by atoms with van der Waals surface area (Å²) in [6.45, 7) is 7.29. The summed E-state index contributed by atoms with van der Waals surface area (Å²) < 4.78 is 11.0. The highest BCUT2D eigenvalue weighted by atomic mass is 16.5. The Morgan fingerprint density at radius 1 is 1.44 bits per heavy atom. The van der Waals surface area contributed by atoms with E-state index in [2.05, 4.69) is 10.2 Å². The Kier molecular flexibility index (Phi) is 4.15. The predicted octanol–water partition coefficient (Wildman–Crippen LogP) is 0.0629. The fraction of sp³-hybridized carbons (Fsp3) is 0.909. The van der Waals surface area contributed by atoms with Crippen molar-refractivity contribution in [1.82, 2.24) is 10.2 Å². The largest absolute Gasteiger partial charge is 0.474 e. The third-order valence-electron chi connectivity index (χ3n) is 3.22. The molecule has 0 saturated carbocycles. The van der Waals surface area contributed by atoms with Gasteiger partial charge in [-0.2, -0.15) is 0 Å². The Bertz CT molecular complexity index is 235. The molecule has 2 N–H and O–H groups in total. The van der Waals surface area contributed by atoms with Gasteiger partial charge in [-0.25, -0.2) is 0 Å². The van der Waals surface area contributed by atoms with Crippen molar-refractivity contribution in [2.45, 2.75) is 25.5 Å². The number of ether oxygens (including phenoxy) is 2. The molecule has 2 rings (SSSR count). The van der Waals surface area contributed by atoms with Crippen LogP contribution in [0.15, 0.2) is 0 Å². The van der Waals surface area contributed by atoms with Gasteiger partial charge in [0.2, 0.25) is 0 Å². The van der Waals surface area contributed by atoms with Crippen molar-refractivity contribution >= 4 is 5.90 Å². The summed E-state index contributed by atoms with van der Waals surface area (Å²) in [4.78, 5) is 2.27. The summed E-state index contributed by atoms with van der Waals surface area (Å²) in [6, 6.07) is 0.0716. The average Bonchev–Trinajstić information content (AvgIpc) is 2.50. The molecular formula is C11H21N3O2. The molecule has 2 heterocycles. The molecule has 0 spiro atoms. The molecule has 5 heteroatoms. The van der Waals surface area contributed by atoms with E-state index in [0.717, 1.165) is 45.8 Å². The van der Waals surface area contributed by atoms with E-state index < -0.39 is 0 Å². The summed E-state index contributed by atoms with van der Waals surface area (Å²) in [5, 5.41) is 11.1. The van der Waals surface area contributed by atoms with Crippen molar-refractivity contribution in [1.29, 1.82) is 5.41 Å². The number of hydrogen-bond donors (Lipinski definition) is 2. The zero-order chi connectivity index (χ0) is 11.4. The van der Waals surface area contributed by atoms with Crippen molar-refractivity contribution in [2.75, 3.05) is 39.4 Å². The first-order valence-electron chi connectivity index (χ1n) is 6.05. The minimum atomic E-state index is 0.0716. The van der Waals surface area contributed by atoms with Crippen LogP contribution in [-0.2, 0) is 9.47 Å². The normalized spacial score (nSPS) is 25.6. The molecule has 0 amide bonds. The maximum atomic E-state index is 7.94. The first kappa shape index (κ1) is 11.8. The van der Waals surface area contributed by atoms with Crippen LogP contribution in [0.1, 0.15) is 13.3 Å². The van der Waals surface area contributed by atoms with Crippen LogP contribution in [0.2, 0.25) is 0 Å². The van der Waals surface area contributed by atoms with E-state index in [0.29, 0.717) is 5.90 Å². The van der Waals surface area contributed by atoms with E-state index >= 15 is 0 Å². The molecule has 0 aromatic heterocycles. The highest BCUT2D eigenvalue weighted by molar-refractivity contribution is 5.78. The number of rotatable bonds is 3. The lowest BCUT2D eigenvalue weighted by Gasteiger charge is -2.32. The van der Waals surface area contributed by atoms with Crippen LogP contribution in [-0.4, -0.2) is 62.3 Å². The molecule has 0 aromatic carbocycles. The van der Waals surface area contributed by atoms with Gasteiger partial charge < -0.3 is 14.8 Å². The van der Waals surface area contributed by atoms with Crippen LogP contribution in [0, 0.1) is 5.41 Å². The summed E-state index contributed by atoms with van der Waals surface area (Å²) in [6.07, 6.45) is 1.25. The lowest BCUT2D eigenvalue weighted by molar-refractivity contribution is 0.104. The van der Waals surface area contributed by atoms with Crippen molar-refractivity contribution < 1.29 is 9.47 Å². The van der Waals surface area contributed by atoms with E-state index in [1.165, 1.54) is 0 Å². The summed E-state index contributed by atoms with van der Waals surface area (Å²) in [7, 11) is 0. The Morgan fingerprint density at radius 3 is 2.94 bits per heavy atom. The fourth-order valence-corrected chi connectivity index (χ4v) is 1.94. The van der Waals surface area contributed by atoms with Crippen LogP contribution in [0.5, 0.6) is 0 Å². The topological polar surface area (TPSA) is 57.6 Å². The van der Waals surface area contributed by atoms with E-state index in [1.807, 2.05) is 6.92 Å². The maximum absolute atomic E-state index is 7.94. The van der Waals surface area contributed by atoms with Crippen LogP contribution in [0.4, 0.5) is 0 Å². The quantitative estimate of drug-likeness (QED) is 0.529. The van der Waals surface area contributed by atoms with Gasteiger partial charge in [0.05, 0.1) is 12.6 Å². The molecule has 1 atom stereocenters. The molecule has 16 heavy (non-hydrogen) atoms. The van der Waals surface area contributed by atoms with E-state index in [4.69, 9.17) is 14.9 Å². The molecule has 2 aliphatic rings. The molecule has 2 saturated heterocycles. The highest BCUT2D eigenvalue weighted by Crippen LogP contribution is 2.09. The summed E-state index contributed by atoms with van der Waals surface area (Å²) in [5.41, 5.74) is 0. The third-order valence-corrected chi connectivity index (χ3v) is 3.22. The summed E-state index contributed by atoms with van der Waals surface area (Å²) >= 11 is 0. The zero-order valence-corrected chi connectivity index (χ0v) is 9.87. The fourth-order valence-electron chi connectivity index (χ4n) is 1.94. The molecule has 0 aromatic rings. The van der Waals surface area contributed by atoms with Crippen LogP contribution in [0.3, 0.4) is 0 Å². The van der Waals surface area contributed by atoms with E-state index in [1.54, 1.807) is 0 Å². The maximum Gasteiger partial charge on any atom is 0.198 e. The van der Waals surface area contributed by atoms with Gasteiger partial charge in [-0.05, 0) is 13.3 Å². The Hall–Kier alpha value is -0.650. The lowest BCUT2D eigenvalue weighted by Crippen LogP contribution is -2.52. The van der Waals surface area contributed by atoms with Crippen molar-refractivity contribution in [2.24, 2.45) is 0 Å². The van der Waals surface area contributed by atoms with Crippen LogP contribution in [0.25, 0.3) is 0 Å². The summed E-state index contributed by atoms with van der Waals surface area (Å²) in [5.74, 6) is 0.397. The monoisotopic (exact) mass is 227 g/mol. The zero-order valence-electron chi connectivity index (χ0n) is 9.87. The minimum Gasteiger partial charge on any atom is -0.474 e. The second-order valence-corrected chi connectivity index (χ2v) is 4.44. The van der Waals surface area contributed by atoms with Gasteiger partial charge in [0, 0.05) is 32.8 Å². The third kappa shape index (κ3) is 2.93. The van der Waals surface area contributed by atoms with Gasteiger partial charge in [-0.3, -0.25) is 10.3 Å². The van der Waals surface area contributed by atoms with Crippen LogP contribution >= 0.6 is 0 Å². The molecule has 1 unspecified atom stereocenters. The first-order chi connectivity index (χ1) is 7.77. The van der Waals surface area contributed by atoms with Crippen molar-refractivity contribution in [3.8, 4) is 0 Å². The smallest absolute Gasteiger partial charge is 0.198 e. The molecular weight excluding hydrogens is 206 g/mol. The highest BCUT2D eigenvalue weighted by Gasteiger charge is 2.25. The second kappa shape index (κ2) is 5.61. The minimum absolute atomic E-state index is 0.0716. The van der Waals surface area contributed by atoms with E-state index in [9.17, 15) is 0 Å². The molecule has 2 aliphatic heterocycles. The van der Waals surface area contributed by atoms with Gasteiger partial charge in [-0.1, -0.05) is 0 Å². The standard InChI is InChI=1S/C11H21N3O2/c1-9(11(12)16-10-7-13-8-10)14-3-2-5-15-6-4-14/h9-10,12-13H,2-8H2,1H3. The van der Waals surface area contributed by atoms with Gasteiger partial charge >= 0.3 is 0 Å². The Morgan fingerprint density at radius 2 is 2.25 bits per heavy atom. The number of nitrogens with one attached hydrogen (secondary N) is 2. The first-order valence-corrected chi connectivity index (χ1v) is 6.05. The lowest BCUT2D eigenvalue weighted by atomic mass is 10.2. The van der Waals surface area contributed by atoms with E-state index in [-0.39, 0.29) is 12.1 Å². The molecule has 5 nitrogen and oxygen atoms in total. The predicted molar refractivity (Wildman–Crippen MR) is 61.9 cm³/mol.